The second-order valence-corrected chi connectivity index (χ2v) is 5.92. The van der Waals surface area contributed by atoms with Gasteiger partial charge in [0.1, 0.15) is 0 Å². The van der Waals surface area contributed by atoms with Crippen LogP contribution in [0.25, 0.3) is 0 Å². The monoisotopic (exact) mass is 355 g/mol. The molecule has 1 heterocycles. The lowest BCUT2D eigenvalue weighted by atomic mass is 10.3. The van der Waals surface area contributed by atoms with Crippen LogP contribution in [0.1, 0.15) is 0 Å². The van der Waals surface area contributed by atoms with Crippen molar-refractivity contribution < 1.29 is 14.7 Å². The van der Waals surface area contributed by atoms with E-state index in [2.05, 4.69) is 21.2 Å². The van der Waals surface area contributed by atoms with Crippen LogP contribution < -0.4 is 5.32 Å². The highest BCUT2D eigenvalue weighted by Gasteiger charge is 2.20. The van der Waals surface area contributed by atoms with Crippen molar-refractivity contribution in [3.63, 3.8) is 0 Å². The van der Waals surface area contributed by atoms with Gasteiger partial charge in [-0.2, -0.15) is 0 Å². The second kappa shape index (κ2) is 7.53. The fourth-order valence-electron chi connectivity index (χ4n) is 2.27. The Kier molecular flexibility index (Phi) is 5.72. The van der Waals surface area contributed by atoms with Gasteiger partial charge in [0.2, 0.25) is 5.91 Å². The quantitative estimate of drug-likeness (QED) is 0.827. The molecule has 0 spiro atoms. The van der Waals surface area contributed by atoms with Gasteiger partial charge in [0, 0.05) is 36.3 Å². The predicted molar refractivity (Wildman–Crippen MR) is 83.3 cm³/mol. The van der Waals surface area contributed by atoms with Crippen LogP contribution in [0.15, 0.2) is 28.7 Å². The molecule has 2 N–H and O–H groups in total. The third-order valence-electron chi connectivity index (χ3n) is 3.30. The van der Waals surface area contributed by atoms with Gasteiger partial charge in [0.05, 0.1) is 13.1 Å². The summed E-state index contributed by atoms with van der Waals surface area (Å²) in [6, 6.07) is 7.46. The van der Waals surface area contributed by atoms with Crippen molar-refractivity contribution in [2.45, 2.75) is 0 Å². The fraction of sp³-hybridized carbons (Fsp3) is 0.429. The van der Waals surface area contributed by atoms with Gasteiger partial charge in [-0.1, -0.05) is 22.0 Å². The zero-order valence-electron chi connectivity index (χ0n) is 11.6. The first-order valence-electron chi connectivity index (χ1n) is 6.75. The summed E-state index contributed by atoms with van der Waals surface area (Å²) in [4.78, 5) is 26.5. The molecule has 21 heavy (non-hydrogen) atoms. The average molecular weight is 356 g/mol. The number of rotatable bonds is 5. The van der Waals surface area contributed by atoms with E-state index in [0.29, 0.717) is 32.7 Å². The van der Waals surface area contributed by atoms with E-state index in [9.17, 15) is 9.59 Å². The van der Waals surface area contributed by atoms with E-state index in [-0.39, 0.29) is 12.5 Å². The van der Waals surface area contributed by atoms with Crippen molar-refractivity contribution in [1.29, 1.82) is 0 Å². The Morgan fingerprint density at radius 3 is 2.33 bits per heavy atom. The molecule has 7 heteroatoms. The molecular formula is C14H18BrN3O3. The Labute approximate surface area is 131 Å². The van der Waals surface area contributed by atoms with Gasteiger partial charge in [0.25, 0.3) is 0 Å². The van der Waals surface area contributed by atoms with Gasteiger partial charge >= 0.3 is 5.97 Å². The van der Waals surface area contributed by atoms with Crippen LogP contribution >= 0.6 is 15.9 Å². The lowest BCUT2D eigenvalue weighted by molar-refractivity contribution is -0.139. The Morgan fingerprint density at radius 2 is 1.76 bits per heavy atom. The van der Waals surface area contributed by atoms with E-state index in [1.54, 1.807) is 0 Å². The number of nitrogens with zero attached hydrogens (tertiary/aromatic N) is 2. The number of nitrogens with one attached hydrogen (secondary N) is 1. The number of piperazine rings is 1. The predicted octanol–water partition coefficient (Wildman–Crippen LogP) is 1.09. The van der Waals surface area contributed by atoms with E-state index in [0.717, 1.165) is 10.2 Å². The molecule has 0 aromatic heterocycles. The van der Waals surface area contributed by atoms with Crippen molar-refractivity contribution in [1.82, 2.24) is 9.80 Å². The van der Waals surface area contributed by atoms with Crippen molar-refractivity contribution in [3.05, 3.63) is 28.7 Å². The summed E-state index contributed by atoms with van der Waals surface area (Å²) in [6.07, 6.45) is 0. The lowest BCUT2D eigenvalue weighted by Crippen LogP contribution is -2.49. The number of amides is 1. The first-order chi connectivity index (χ1) is 10.0. The number of carbonyl (C=O) groups excluding carboxylic acids is 1. The van der Waals surface area contributed by atoms with Crippen LogP contribution in [-0.2, 0) is 9.59 Å². The van der Waals surface area contributed by atoms with Crippen LogP contribution in [-0.4, -0.2) is 66.1 Å². The van der Waals surface area contributed by atoms with Crippen molar-refractivity contribution in [3.8, 4) is 0 Å². The third-order valence-corrected chi connectivity index (χ3v) is 3.79. The van der Waals surface area contributed by atoms with Gasteiger partial charge < -0.3 is 10.4 Å². The first-order valence-corrected chi connectivity index (χ1v) is 7.54. The zero-order chi connectivity index (χ0) is 15.2. The number of benzene rings is 1. The van der Waals surface area contributed by atoms with Crippen LogP contribution in [0.3, 0.4) is 0 Å². The number of halogens is 1. The van der Waals surface area contributed by atoms with Crippen LogP contribution in [0, 0.1) is 0 Å². The van der Waals surface area contributed by atoms with Gasteiger partial charge in [-0.25, -0.2) is 0 Å². The molecule has 1 amide bonds. The molecule has 1 aliphatic heterocycles. The van der Waals surface area contributed by atoms with E-state index < -0.39 is 5.97 Å². The van der Waals surface area contributed by atoms with Crippen LogP contribution in [0.4, 0.5) is 5.69 Å². The van der Waals surface area contributed by atoms with Crippen LogP contribution in [0.2, 0.25) is 0 Å². The molecule has 0 unspecified atom stereocenters. The van der Waals surface area contributed by atoms with Crippen molar-refractivity contribution in [2.75, 3.05) is 44.6 Å². The smallest absolute Gasteiger partial charge is 0.317 e. The van der Waals surface area contributed by atoms with Gasteiger partial charge in [0.15, 0.2) is 0 Å². The Morgan fingerprint density at radius 1 is 1.14 bits per heavy atom. The number of carbonyl (C=O) groups is 2. The lowest BCUT2D eigenvalue weighted by Gasteiger charge is -2.33. The molecule has 0 bridgehead atoms. The Balaban J connectivity index is 1.75. The van der Waals surface area contributed by atoms with E-state index in [1.165, 1.54) is 0 Å². The molecule has 1 fully saturated rings. The summed E-state index contributed by atoms with van der Waals surface area (Å²) in [6.45, 7) is 3.16. The molecule has 1 aromatic carbocycles. The van der Waals surface area contributed by atoms with Gasteiger partial charge in [-0.3, -0.25) is 19.4 Å². The molecule has 6 nitrogen and oxygen atoms in total. The van der Waals surface area contributed by atoms with Crippen molar-refractivity contribution >= 4 is 33.5 Å². The summed E-state index contributed by atoms with van der Waals surface area (Å²) in [7, 11) is 0. The van der Waals surface area contributed by atoms with E-state index in [4.69, 9.17) is 5.11 Å². The minimum absolute atomic E-state index is 0.0558. The Bertz CT molecular complexity index is 516. The molecule has 0 saturated carbocycles. The summed E-state index contributed by atoms with van der Waals surface area (Å²) < 4.78 is 0.919. The number of carboxylic acids is 1. The summed E-state index contributed by atoms with van der Waals surface area (Å²) in [5, 5.41) is 11.6. The summed E-state index contributed by atoms with van der Waals surface area (Å²) in [5.41, 5.74) is 0.763. The number of anilines is 1. The Hall–Kier alpha value is -1.44. The molecule has 1 aliphatic rings. The average Bonchev–Trinajstić information content (AvgIpc) is 2.40. The molecule has 1 saturated heterocycles. The number of hydrogen-bond acceptors (Lipinski definition) is 4. The highest BCUT2D eigenvalue weighted by molar-refractivity contribution is 9.10. The highest BCUT2D eigenvalue weighted by atomic mass is 79.9. The normalized spacial score (nSPS) is 16.6. The molecular weight excluding hydrogens is 338 g/mol. The van der Waals surface area contributed by atoms with E-state index in [1.807, 2.05) is 34.1 Å². The first kappa shape index (κ1) is 15.9. The van der Waals surface area contributed by atoms with Crippen LogP contribution in [0.5, 0.6) is 0 Å². The standard InChI is InChI=1S/C14H18BrN3O3/c15-11-2-1-3-12(8-11)16-13(19)9-17-4-6-18(7-5-17)10-14(20)21/h1-3,8H,4-7,9-10H2,(H,16,19)(H,20,21). The number of hydrogen-bond donors (Lipinski definition) is 2. The van der Waals surface area contributed by atoms with Gasteiger partial charge in [-0.05, 0) is 18.2 Å². The summed E-state index contributed by atoms with van der Waals surface area (Å²) >= 11 is 3.36. The van der Waals surface area contributed by atoms with E-state index >= 15 is 0 Å². The second-order valence-electron chi connectivity index (χ2n) is 5.00. The SMILES string of the molecule is O=C(O)CN1CCN(CC(=O)Nc2cccc(Br)c2)CC1. The summed E-state index contributed by atoms with van der Waals surface area (Å²) in [5.74, 6) is -0.865. The minimum atomic E-state index is -0.809. The maximum absolute atomic E-state index is 12.0. The molecule has 0 aliphatic carbocycles. The zero-order valence-corrected chi connectivity index (χ0v) is 13.2. The number of carboxylic acid groups (broad SMARTS) is 1. The topological polar surface area (TPSA) is 72.9 Å². The largest absolute Gasteiger partial charge is 0.480 e. The number of aliphatic carboxylic acids is 1. The third kappa shape index (κ3) is 5.45. The van der Waals surface area contributed by atoms with Crippen molar-refractivity contribution in [2.24, 2.45) is 0 Å². The molecule has 114 valence electrons. The van der Waals surface area contributed by atoms with Gasteiger partial charge in [-0.15, -0.1) is 0 Å². The highest BCUT2D eigenvalue weighted by Crippen LogP contribution is 2.15. The molecule has 2 rings (SSSR count). The maximum Gasteiger partial charge on any atom is 0.317 e. The fourth-order valence-corrected chi connectivity index (χ4v) is 2.67. The molecule has 0 atom stereocenters. The molecule has 1 aromatic rings. The maximum atomic E-state index is 12.0. The molecule has 0 radical (unpaired) electrons. The minimum Gasteiger partial charge on any atom is -0.480 e.